The van der Waals surface area contributed by atoms with Crippen LogP contribution in [0.1, 0.15) is 52.9 Å². The molecule has 2 rings (SSSR count). The molecule has 2 aliphatic heterocycles. The summed E-state index contributed by atoms with van der Waals surface area (Å²) in [6.45, 7) is 11.0. The summed E-state index contributed by atoms with van der Waals surface area (Å²) < 4.78 is 0. The van der Waals surface area contributed by atoms with Gasteiger partial charge < -0.3 is 5.32 Å². The molecule has 2 heteroatoms. The van der Waals surface area contributed by atoms with Crippen molar-refractivity contribution in [1.29, 1.82) is 0 Å². The van der Waals surface area contributed by atoms with Gasteiger partial charge in [-0.25, -0.2) is 0 Å². The first-order chi connectivity index (χ1) is 8.24. The first kappa shape index (κ1) is 13.4. The second kappa shape index (κ2) is 6.19. The molecule has 0 amide bonds. The Morgan fingerprint density at radius 1 is 1.24 bits per heavy atom. The molecule has 2 fully saturated rings. The van der Waals surface area contributed by atoms with Gasteiger partial charge in [0.1, 0.15) is 0 Å². The van der Waals surface area contributed by atoms with Crippen molar-refractivity contribution in [1.82, 2.24) is 10.2 Å². The third kappa shape index (κ3) is 3.03. The number of hydrogen-bond donors (Lipinski definition) is 1. The van der Waals surface area contributed by atoms with Gasteiger partial charge >= 0.3 is 0 Å². The highest BCUT2D eigenvalue weighted by Gasteiger charge is 2.42. The van der Waals surface area contributed by atoms with Crippen LogP contribution in [-0.4, -0.2) is 36.6 Å². The van der Waals surface area contributed by atoms with Crippen molar-refractivity contribution < 1.29 is 0 Å². The predicted molar refractivity (Wildman–Crippen MR) is 74.2 cm³/mol. The molecule has 2 nitrogen and oxygen atoms in total. The van der Waals surface area contributed by atoms with Crippen LogP contribution >= 0.6 is 0 Å². The standard InChI is InChI=1S/C15H30N2/c1-4-5-6-7-8-12(2)17-11-14-9-16-10-15(14)13(17)3/h12-16H,4-11H2,1-3H3. The minimum Gasteiger partial charge on any atom is -0.316 e. The Balaban J connectivity index is 1.74. The quantitative estimate of drug-likeness (QED) is 0.716. The molecule has 0 radical (unpaired) electrons. The van der Waals surface area contributed by atoms with Crippen molar-refractivity contribution >= 4 is 0 Å². The molecule has 100 valence electrons. The maximum atomic E-state index is 3.55. The summed E-state index contributed by atoms with van der Waals surface area (Å²) in [5.41, 5.74) is 0. The van der Waals surface area contributed by atoms with E-state index in [0.717, 1.165) is 23.9 Å². The van der Waals surface area contributed by atoms with Crippen LogP contribution in [-0.2, 0) is 0 Å². The molecule has 2 aliphatic rings. The molecule has 0 spiro atoms. The van der Waals surface area contributed by atoms with Gasteiger partial charge in [-0.3, -0.25) is 4.90 Å². The maximum Gasteiger partial charge on any atom is 0.0114 e. The fraction of sp³-hybridized carbons (Fsp3) is 1.00. The van der Waals surface area contributed by atoms with E-state index in [4.69, 9.17) is 0 Å². The fourth-order valence-corrected chi connectivity index (χ4v) is 3.81. The molecule has 2 saturated heterocycles. The van der Waals surface area contributed by atoms with Gasteiger partial charge in [0.25, 0.3) is 0 Å². The van der Waals surface area contributed by atoms with E-state index in [-0.39, 0.29) is 0 Å². The summed E-state index contributed by atoms with van der Waals surface area (Å²) in [6, 6.07) is 1.60. The normalized spacial score (nSPS) is 35.1. The van der Waals surface area contributed by atoms with Gasteiger partial charge in [-0.1, -0.05) is 32.6 Å². The van der Waals surface area contributed by atoms with Crippen LogP contribution in [0.5, 0.6) is 0 Å². The van der Waals surface area contributed by atoms with Gasteiger partial charge in [0.2, 0.25) is 0 Å². The van der Waals surface area contributed by atoms with Crippen LogP contribution < -0.4 is 5.32 Å². The zero-order valence-electron chi connectivity index (χ0n) is 11.9. The number of unbranched alkanes of at least 4 members (excludes halogenated alkanes) is 3. The van der Waals surface area contributed by atoms with E-state index in [1.54, 1.807) is 0 Å². The molecule has 0 saturated carbocycles. The van der Waals surface area contributed by atoms with Crippen LogP contribution in [0.4, 0.5) is 0 Å². The minimum absolute atomic E-state index is 0.799. The Bertz CT molecular complexity index is 229. The van der Waals surface area contributed by atoms with Gasteiger partial charge in [0, 0.05) is 18.6 Å². The average molecular weight is 238 g/mol. The molecule has 0 bridgehead atoms. The van der Waals surface area contributed by atoms with Crippen LogP contribution in [0.2, 0.25) is 0 Å². The summed E-state index contributed by atoms with van der Waals surface area (Å²) in [4.78, 5) is 2.78. The second-order valence-electron chi connectivity index (χ2n) is 6.22. The lowest BCUT2D eigenvalue weighted by atomic mass is 9.95. The monoisotopic (exact) mass is 238 g/mol. The fourth-order valence-electron chi connectivity index (χ4n) is 3.81. The van der Waals surface area contributed by atoms with Crippen LogP contribution in [0.15, 0.2) is 0 Å². The van der Waals surface area contributed by atoms with E-state index in [0.29, 0.717) is 0 Å². The molecule has 2 heterocycles. The lowest BCUT2D eigenvalue weighted by molar-refractivity contribution is 0.170. The molecule has 0 aromatic carbocycles. The smallest absolute Gasteiger partial charge is 0.0114 e. The van der Waals surface area contributed by atoms with Crippen LogP contribution in [0.3, 0.4) is 0 Å². The molecule has 0 aliphatic carbocycles. The molecule has 0 aromatic heterocycles. The second-order valence-corrected chi connectivity index (χ2v) is 6.22. The number of likely N-dealkylation sites (tertiary alicyclic amines) is 1. The zero-order chi connectivity index (χ0) is 12.3. The number of nitrogens with zero attached hydrogens (tertiary/aromatic N) is 1. The predicted octanol–water partition coefficient (Wildman–Crippen LogP) is 2.89. The molecule has 4 atom stereocenters. The van der Waals surface area contributed by atoms with Gasteiger partial charge in [-0.15, -0.1) is 0 Å². The van der Waals surface area contributed by atoms with E-state index in [9.17, 15) is 0 Å². The van der Waals surface area contributed by atoms with Crippen molar-refractivity contribution in [3.63, 3.8) is 0 Å². The van der Waals surface area contributed by atoms with E-state index in [1.807, 2.05) is 0 Å². The van der Waals surface area contributed by atoms with E-state index >= 15 is 0 Å². The maximum absolute atomic E-state index is 3.55. The molecule has 4 unspecified atom stereocenters. The summed E-state index contributed by atoms with van der Waals surface area (Å²) in [6.07, 6.45) is 7.02. The first-order valence-corrected chi connectivity index (χ1v) is 7.70. The molecular weight excluding hydrogens is 208 g/mol. The van der Waals surface area contributed by atoms with Crippen molar-refractivity contribution in [2.45, 2.75) is 65.0 Å². The highest BCUT2D eigenvalue weighted by atomic mass is 15.2. The Kier molecular flexibility index (Phi) is 4.87. The first-order valence-electron chi connectivity index (χ1n) is 7.70. The van der Waals surface area contributed by atoms with Crippen molar-refractivity contribution in [2.24, 2.45) is 11.8 Å². The molecule has 17 heavy (non-hydrogen) atoms. The van der Waals surface area contributed by atoms with Crippen molar-refractivity contribution in [3.8, 4) is 0 Å². The van der Waals surface area contributed by atoms with Crippen LogP contribution in [0.25, 0.3) is 0 Å². The SMILES string of the molecule is CCCCCCC(C)N1CC2CNCC2C1C. The zero-order valence-corrected chi connectivity index (χ0v) is 11.9. The molecular formula is C15H30N2. The lowest BCUT2D eigenvalue weighted by Crippen LogP contribution is -2.39. The molecule has 1 N–H and O–H groups in total. The summed E-state index contributed by atoms with van der Waals surface area (Å²) in [5, 5.41) is 3.55. The van der Waals surface area contributed by atoms with Gasteiger partial charge in [0.15, 0.2) is 0 Å². The summed E-state index contributed by atoms with van der Waals surface area (Å²) >= 11 is 0. The Labute approximate surface area is 107 Å². The van der Waals surface area contributed by atoms with Crippen molar-refractivity contribution in [3.05, 3.63) is 0 Å². The third-order valence-corrected chi connectivity index (χ3v) is 5.02. The third-order valence-electron chi connectivity index (χ3n) is 5.02. The van der Waals surface area contributed by atoms with Gasteiger partial charge in [0.05, 0.1) is 0 Å². The summed E-state index contributed by atoms with van der Waals surface area (Å²) in [7, 11) is 0. The number of nitrogens with one attached hydrogen (secondary N) is 1. The molecule has 0 aromatic rings. The van der Waals surface area contributed by atoms with E-state index < -0.39 is 0 Å². The Morgan fingerprint density at radius 3 is 2.76 bits per heavy atom. The van der Waals surface area contributed by atoms with Crippen LogP contribution in [0, 0.1) is 11.8 Å². The Morgan fingerprint density at radius 2 is 2.06 bits per heavy atom. The lowest BCUT2D eigenvalue weighted by Gasteiger charge is -2.30. The van der Waals surface area contributed by atoms with Crippen molar-refractivity contribution in [2.75, 3.05) is 19.6 Å². The highest BCUT2D eigenvalue weighted by Crippen LogP contribution is 2.34. The van der Waals surface area contributed by atoms with E-state index in [2.05, 4.69) is 31.0 Å². The number of fused-ring (bicyclic) bond motifs is 1. The largest absolute Gasteiger partial charge is 0.316 e. The summed E-state index contributed by atoms with van der Waals surface area (Å²) in [5.74, 6) is 1.86. The van der Waals surface area contributed by atoms with E-state index in [1.165, 1.54) is 51.7 Å². The Hall–Kier alpha value is -0.0800. The number of rotatable bonds is 6. The van der Waals surface area contributed by atoms with Gasteiger partial charge in [-0.2, -0.15) is 0 Å². The number of hydrogen-bond acceptors (Lipinski definition) is 2. The van der Waals surface area contributed by atoms with Gasteiger partial charge in [-0.05, 0) is 45.2 Å². The minimum atomic E-state index is 0.799. The average Bonchev–Trinajstić information content (AvgIpc) is 2.88. The highest BCUT2D eigenvalue weighted by molar-refractivity contribution is 4.97. The topological polar surface area (TPSA) is 15.3 Å².